The molecule has 0 aliphatic carbocycles. The summed E-state index contributed by atoms with van der Waals surface area (Å²) in [6, 6.07) is 0.642. The van der Waals surface area contributed by atoms with Crippen molar-refractivity contribution in [2.75, 3.05) is 0 Å². The van der Waals surface area contributed by atoms with Gasteiger partial charge in [0.2, 0.25) is 5.91 Å². The van der Waals surface area contributed by atoms with Gasteiger partial charge in [0, 0.05) is 5.41 Å². The van der Waals surface area contributed by atoms with Gasteiger partial charge in [-0.3, -0.25) is 4.79 Å². The smallest absolute Gasteiger partial charge is 0.416 e. The van der Waals surface area contributed by atoms with Crippen LogP contribution < -0.4 is 10.1 Å². The van der Waals surface area contributed by atoms with Crippen molar-refractivity contribution < 1.29 is 37.4 Å². The summed E-state index contributed by atoms with van der Waals surface area (Å²) in [5.41, 5.74) is -3.11. The molecule has 0 fully saturated rings. The Morgan fingerprint density at radius 1 is 0.976 bits per heavy atom. The lowest BCUT2D eigenvalue weighted by Gasteiger charge is -2.44. The summed E-state index contributed by atoms with van der Waals surface area (Å²) >= 11 is 0. The molecule has 41 heavy (non-hydrogen) atoms. The Morgan fingerprint density at radius 3 is 2.00 bits per heavy atom. The molecule has 0 aliphatic heterocycles. The lowest BCUT2D eigenvalue weighted by Crippen LogP contribution is -2.50. The van der Waals surface area contributed by atoms with E-state index in [1.54, 1.807) is 13.8 Å². The Balaban J connectivity index is 3.23. The Hall–Kier alpha value is -2.84. The number of hydrogen-bond acceptors (Lipinski definition) is 4. The first kappa shape index (κ1) is 36.2. The lowest BCUT2D eigenvalue weighted by molar-refractivity contribution is -0.143. The molecule has 0 radical (unpaired) electrons. The second kappa shape index (κ2) is 13.0. The van der Waals surface area contributed by atoms with Crippen molar-refractivity contribution in [3.63, 3.8) is 0 Å². The highest BCUT2D eigenvalue weighted by atomic mass is 19.4. The summed E-state index contributed by atoms with van der Waals surface area (Å²) in [6.45, 7) is 22.1. The van der Waals surface area contributed by atoms with E-state index in [4.69, 9.17) is 4.74 Å². The number of halogens is 3. The molecule has 0 aromatic heterocycles. The Kier molecular flexibility index (Phi) is 11.5. The summed E-state index contributed by atoms with van der Waals surface area (Å²) in [5, 5.41) is 12.2. The van der Waals surface area contributed by atoms with Crippen molar-refractivity contribution in [1.29, 1.82) is 0 Å². The topological polar surface area (TPSA) is 92.7 Å². The number of aromatic carboxylic acids is 1. The zero-order valence-corrected chi connectivity index (χ0v) is 26.4. The van der Waals surface area contributed by atoms with E-state index < -0.39 is 52.4 Å². The molecule has 0 aliphatic rings. The molecular weight excluding hydrogens is 535 g/mol. The predicted octanol–water partition coefficient (Wildman–Crippen LogP) is 8.30. The van der Waals surface area contributed by atoms with Gasteiger partial charge in [-0.25, -0.2) is 9.59 Å². The summed E-state index contributed by atoms with van der Waals surface area (Å²) in [5.74, 6) is -3.81. The number of ether oxygens (including phenoxy) is 1. The molecule has 232 valence electrons. The number of nitrogens with one attached hydrogen (secondary N) is 1. The van der Waals surface area contributed by atoms with Gasteiger partial charge in [0.25, 0.3) is 0 Å². The van der Waals surface area contributed by atoms with Crippen molar-refractivity contribution in [2.24, 2.45) is 27.6 Å². The van der Waals surface area contributed by atoms with Gasteiger partial charge in [0.15, 0.2) is 0 Å². The van der Waals surface area contributed by atoms with Crippen molar-refractivity contribution in [1.82, 2.24) is 5.32 Å². The SMILES string of the molecule is CC(C)CC(NC(=O)C(C)(C)CC(C)(C)C(C)(C)C=CCC(C)(C)C)C(=O)Oc1cc(C(F)(F)F)ccc1C(=O)O. The fourth-order valence-corrected chi connectivity index (χ4v) is 4.52. The standard InChI is InChI=1S/C32H48F3NO5/c1-20(2)17-23(26(39)41-24-18-21(32(33,34)35)13-14-22(24)25(37)38)36-27(40)29(6,7)19-31(10,11)30(8,9)16-12-15-28(3,4)5/h12-14,16,18,20,23H,15,17,19H2,1-11H3,(H,36,40)(H,37,38). The number of alkyl halides is 3. The molecule has 1 unspecified atom stereocenters. The van der Waals surface area contributed by atoms with Gasteiger partial charge in [-0.15, -0.1) is 0 Å². The predicted molar refractivity (Wildman–Crippen MR) is 155 cm³/mol. The van der Waals surface area contributed by atoms with Crippen LogP contribution in [-0.4, -0.2) is 29.0 Å². The van der Waals surface area contributed by atoms with E-state index in [1.165, 1.54) is 0 Å². The fraction of sp³-hybridized carbons (Fsp3) is 0.656. The number of benzene rings is 1. The molecule has 1 aromatic rings. The number of carbonyl (C=O) groups is 3. The summed E-state index contributed by atoms with van der Waals surface area (Å²) in [7, 11) is 0. The molecule has 0 saturated heterocycles. The van der Waals surface area contributed by atoms with E-state index >= 15 is 0 Å². The van der Waals surface area contributed by atoms with Crippen LogP contribution in [0.2, 0.25) is 0 Å². The van der Waals surface area contributed by atoms with Gasteiger partial charge < -0.3 is 15.2 Å². The minimum Gasteiger partial charge on any atom is -0.478 e. The summed E-state index contributed by atoms with van der Waals surface area (Å²) in [4.78, 5) is 38.3. The highest BCUT2D eigenvalue weighted by Crippen LogP contribution is 2.48. The van der Waals surface area contributed by atoms with E-state index in [9.17, 15) is 32.7 Å². The quantitative estimate of drug-likeness (QED) is 0.147. The van der Waals surface area contributed by atoms with Gasteiger partial charge in [-0.1, -0.05) is 88.3 Å². The lowest BCUT2D eigenvalue weighted by atomic mass is 9.61. The van der Waals surface area contributed by atoms with E-state index in [0.29, 0.717) is 18.6 Å². The van der Waals surface area contributed by atoms with Crippen molar-refractivity contribution in [3.8, 4) is 5.75 Å². The van der Waals surface area contributed by atoms with Crippen LogP contribution in [0.4, 0.5) is 13.2 Å². The van der Waals surface area contributed by atoms with Crippen LogP contribution >= 0.6 is 0 Å². The molecule has 1 aromatic carbocycles. The van der Waals surface area contributed by atoms with Crippen molar-refractivity contribution >= 4 is 17.8 Å². The normalized spacial score (nSPS) is 14.3. The molecule has 0 saturated carbocycles. The zero-order chi connectivity index (χ0) is 32.2. The van der Waals surface area contributed by atoms with Crippen LogP contribution in [0.25, 0.3) is 0 Å². The first-order chi connectivity index (χ1) is 18.3. The van der Waals surface area contributed by atoms with E-state index in [0.717, 1.165) is 12.5 Å². The minimum absolute atomic E-state index is 0.0836. The number of allylic oxidation sites excluding steroid dienone is 2. The Bertz CT molecular complexity index is 1130. The van der Waals surface area contributed by atoms with E-state index in [-0.39, 0.29) is 28.6 Å². The first-order valence-corrected chi connectivity index (χ1v) is 13.9. The third-order valence-electron chi connectivity index (χ3n) is 7.55. The van der Waals surface area contributed by atoms with Gasteiger partial charge >= 0.3 is 18.1 Å². The maximum absolute atomic E-state index is 13.5. The number of carbonyl (C=O) groups excluding carboxylic acids is 2. The highest BCUT2D eigenvalue weighted by Gasteiger charge is 2.43. The summed E-state index contributed by atoms with van der Waals surface area (Å²) in [6.07, 6.45) is 1.11. The second-order valence-corrected chi connectivity index (χ2v) is 14.4. The van der Waals surface area contributed by atoms with Crippen molar-refractivity contribution in [2.45, 2.75) is 108 Å². The van der Waals surface area contributed by atoms with Gasteiger partial charge in [0.05, 0.1) is 5.56 Å². The third-order valence-corrected chi connectivity index (χ3v) is 7.55. The molecule has 9 heteroatoms. The summed E-state index contributed by atoms with van der Waals surface area (Å²) < 4.78 is 45.0. The highest BCUT2D eigenvalue weighted by molar-refractivity contribution is 5.93. The molecule has 1 atom stereocenters. The number of esters is 1. The number of hydrogen-bond donors (Lipinski definition) is 2. The van der Waals surface area contributed by atoms with Gasteiger partial charge in [0.1, 0.15) is 17.4 Å². The van der Waals surface area contributed by atoms with Crippen LogP contribution in [0.5, 0.6) is 5.75 Å². The maximum atomic E-state index is 13.5. The molecule has 1 rings (SSSR count). The Morgan fingerprint density at radius 2 is 1.54 bits per heavy atom. The van der Waals surface area contributed by atoms with Crippen LogP contribution in [0.1, 0.15) is 111 Å². The molecule has 2 N–H and O–H groups in total. The number of amides is 1. The maximum Gasteiger partial charge on any atom is 0.416 e. The van der Waals surface area contributed by atoms with Crippen LogP contribution in [0, 0.1) is 27.6 Å². The van der Waals surface area contributed by atoms with E-state index in [1.807, 2.05) is 13.8 Å². The molecule has 1 amide bonds. The number of carboxylic acids is 1. The average Bonchev–Trinajstić information content (AvgIpc) is 2.75. The zero-order valence-electron chi connectivity index (χ0n) is 26.4. The fourth-order valence-electron chi connectivity index (χ4n) is 4.52. The second-order valence-electron chi connectivity index (χ2n) is 14.4. The van der Waals surface area contributed by atoms with E-state index in [2.05, 4.69) is 65.9 Å². The van der Waals surface area contributed by atoms with Crippen LogP contribution in [-0.2, 0) is 15.8 Å². The molecule has 6 nitrogen and oxygen atoms in total. The molecule has 0 bridgehead atoms. The van der Waals surface area contributed by atoms with Crippen LogP contribution in [0.3, 0.4) is 0 Å². The van der Waals surface area contributed by atoms with Gasteiger partial charge in [-0.2, -0.15) is 13.2 Å². The number of rotatable bonds is 12. The molecule has 0 spiro atoms. The molecule has 0 heterocycles. The van der Waals surface area contributed by atoms with Crippen molar-refractivity contribution in [3.05, 3.63) is 41.5 Å². The largest absolute Gasteiger partial charge is 0.478 e. The Labute approximate surface area is 243 Å². The number of carboxylic acid groups (broad SMARTS) is 1. The average molecular weight is 584 g/mol. The minimum atomic E-state index is -4.77. The monoisotopic (exact) mass is 583 g/mol. The molecular formula is C32H48F3NO5. The van der Waals surface area contributed by atoms with Crippen LogP contribution in [0.15, 0.2) is 30.4 Å². The third kappa shape index (κ3) is 10.8. The first-order valence-electron chi connectivity index (χ1n) is 13.9. The van der Waals surface area contributed by atoms with Gasteiger partial charge in [-0.05, 0) is 59.6 Å².